The minimum Gasteiger partial charge on any atom is -0.455 e. The van der Waals surface area contributed by atoms with Gasteiger partial charge in [-0.1, -0.05) is 146 Å². The maximum atomic E-state index is 6.97. The minimum atomic E-state index is 0.900. The van der Waals surface area contributed by atoms with Crippen LogP contribution in [0.25, 0.3) is 66.4 Å². The molecule has 0 unspecified atom stereocenters. The van der Waals surface area contributed by atoms with E-state index in [0.29, 0.717) is 0 Å². The van der Waals surface area contributed by atoms with Crippen molar-refractivity contribution in [2.75, 3.05) is 0 Å². The molecule has 0 fully saturated rings. The van der Waals surface area contributed by atoms with Crippen LogP contribution in [0, 0.1) is 0 Å². The Morgan fingerprint density at radius 1 is 0.324 bits per heavy atom. The second-order valence-corrected chi connectivity index (χ2v) is 9.29. The number of hydrogen-bond donors (Lipinski definition) is 0. The summed E-state index contributed by atoms with van der Waals surface area (Å²) in [6, 6.07) is 51.2. The Hall–Kier alpha value is -4.88. The first kappa shape index (κ1) is 21.4. The average Bonchev–Trinajstić information content (AvgIpc) is 3.36. The summed E-state index contributed by atoms with van der Waals surface area (Å²) in [6.45, 7) is 0. The van der Waals surface area contributed by atoms with Crippen molar-refractivity contribution in [2.24, 2.45) is 0 Å². The van der Waals surface area contributed by atoms with Gasteiger partial charge in [-0.25, -0.2) is 0 Å². The predicted molar refractivity (Wildman–Crippen MR) is 155 cm³/mol. The van der Waals surface area contributed by atoms with Gasteiger partial charge in [-0.2, -0.15) is 0 Å². The third-order valence-corrected chi connectivity index (χ3v) is 7.12. The molecule has 0 N–H and O–H groups in total. The highest BCUT2D eigenvalue weighted by Gasteiger charge is 2.22. The first-order chi connectivity index (χ1) is 18.4. The molecule has 37 heavy (non-hydrogen) atoms. The normalized spacial score (nSPS) is 11.2. The summed E-state index contributed by atoms with van der Waals surface area (Å²) in [5.74, 6) is 1.81. The quantitative estimate of drug-likeness (QED) is 0.248. The zero-order chi connectivity index (χ0) is 24.6. The van der Waals surface area contributed by atoms with Crippen molar-refractivity contribution >= 4 is 21.5 Å². The molecule has 6 aromatic carbocycles. The molecule has 7 rings (SSSR count). The molecule has 0 amide bonds. The molecule has 0 bridgehead atoms. The van der Waals surface area contributed by atoms with Crippen molar-refractivity contribution in [3.8, 4) is 44.9 Å². The highest BCUT2D eigenvalue weighted by Crippen LogP contribution is 2.46. The third kappa shape index (κ3) is 3.64. The Kier molecular flexibility index (Phi) is 5.19. The fraction of sp³-hybridized carbons (Fsp3) is 0. The average molecular weight is 473 g/mol. The molecule has 0 atom stereocenters. The fourth-order valence-corrected chi connectivity index (χ4v) is 5.40. The topological polar surface area (TPSA) is 13.1 Å². The Balaban J connectivity index is 1.56. The molecule has 0 radical (unpaired) electrons. The molecular formula is C36H24O. The minimum absolute atomic E-state index is 0.900. The first-order valence-electron chi connectivity index (χ1n) is 12.6. The van der Waals surface area contributed by atoms with Crippen LogP contribution in [-0.2, 0) is 0 Å². The van der Waals surface area contributed by atoms with Crippen molar-refractivity contribution in [3.63, 3.8) is 0 Å². The van der Waals surface area contributed by atoms with Gasteiger partial charge in [0.05, 0.1) is 0 Å². The van der Waals surface area contributed by atoms with Crippen LogP contribution in [-0.4, -0.2) is 0 Å². The lowest BCUT2D eigenvalue weighted by Crippen LogP contribution is -1.87. The summed E-state index contributed by atoms with van der Waals surface area (Å²) in [7, 11) is 0. The van der Waals surface area contributed by atoms with E-state index in [1.807, 2.05) is 0 Å². The van der Waals surface area contributed by atoms with Crippen molar-refractivity contribution in [1.82, 2.24) is 0 Å². The monoisotopic (exact) mass is 472 g/mol. The summed E-state index contributed by atoms with van der Waals surface area (Å²) in [5, 5.41) is 4.62. The number of benzene rings is 6. The van der Waals surface area contributed by atoms with Gasteiger partial charge in [-0.15, -0.1) is 0 Å². The molecule has 1 heterocycles. The number of fused-ring (bicyclic) bond motifs is 2. The van der Waals surface area contributed by atoms with Gasteiger partial charge in [0, 0.05) is 21.9 Å². The maximum Gasteiger partial charge on any atom is 0.143 e. The Morgan fingerprint density at radius 3 is 1.54 bits per heavy atom. The van der Waals surface area contributed by atoms with Crippen LogP contribution in [0.5, 0.6) is 0 Å². The lowest BCUT2D eigenvalue weighted by Gasteiger charge is -2.13. The summed E-state index contributed by atoms with van der Waals surface area (Å²) in [5.41, 5.74) is 6.91. The van der Waals surface area contributed by atoms with E-state index in [1.165, 1.54) is 27.5 Å². The predicted octanol–water partition coefficient (Wildman–Crippen LogP) is 10.3. The lowest BCUT2D eigenvalue weighted by molar-refractivity contribution is 0.603. The molecule has 1 aromatic heterocycles. The van der Waals surface area contributed by atoms with Crippen LogP contribution < -0.4 is 0 Å². The second kappa shape index (κ2) is 8.96. The Labute approximate surface area is 216 Å². The van der Waals surface area contributed by atoms with E-state index in [4.69, 9.17) is 4.42 Å². The molecule has 0 saturated heterocycles. The molecule has 1 heteroatoms. The second-order valence-electron chi connectivity index (χ2n) is 9.29. The molecule has 0 aliphatic rings. The maximum absolute atomic E-state index is 6.97. The van der Waals surface area contributed by atoms with Crippen LogP contribution in [0.2, 0.25) is 0 Å². The molecule has 0 spiro atoms. The van der Waals surface area contributed by atoms with E-state index in [9.17, 15) is 0 Å². The van der Waals surface area contributed by atoms with Crippen molar-refractivity contribution in [2.45, 2.75) is 0 Å². The molecule has 7 aromatic rings. The highest BCUT2D eigenvalue weighted by molar-refractivity contribution is 6.12. The molecule has 174 valence electrons. The van der Waals surface area contributed by atoms with Crippen molar-refractivity contribution < 1.29 is 4.42 Å². The van der Waals surface area contributed by atoms with Gasteiger partial charge >= 0.3 is 0 Å². The Morgan fingerprint density at radius 2 is 0.838 bits per heavy atom. The summed E-state index contributed by atoms with van der Waals surface area (Å²) in [4.78, 5) is 0. The first-order valence-corrected chi connectivity index (χ1v) is 12.6. The summed E-state index contributed by atoms with van der Waals surface area (Å²) >= 11 is 0. The molecule has 0 aliphatic carbocycles. The van der Waals surface area contributed by atoms with Gasteiger partial charge in [-0.05, 0) is 33.0 Å². The van der Waals surface area contributed by atoms with Crippen LogP contribution in [0.4, 0.5) is 0 Å². The van der Waals surface area contributed by atoms with Gasteiger partial charge < -0.3 is 4.42 Å². The van der Waals surface area contributed by atoms with E-state index < -0.39 is 0 Å². The van der Waals surface area contributed by atoms with E-state index >= 15 is 0 Å². The third-order valence-electron chi connectivity index (χ3n) is 7.12. The number of hydrogen-bond acceptors (Lipinski definition) is 1. The highest BCUT2D eigenvalue weighted by atomic mass is 16.3. The summed E-state index contributed by atoms with van der Waals surface area (Å²) in [6.07, 6.45) is 0. The van der Waals surface area contributed by atoms with Crippen molar-refractivity contribution in [1.29, 1.82) is 0 Å². The summed E-state index contributed by atoms with van der Waals surface area (Å²) < 4.78 is 6.97. The number of rotatable bonds is 4. The van der Waals surface area contributed by atoms with Gasteiger partial charge in [0.15, 0.2) is 0 Å². The van der Waals surface area contributed by atoms with Crippen molar-refractivity contribution in [3.05, 3.63) is 146 Å². The molecular weight excluding hydrogens is 448 g/mol. The van der Waals surface area contributed by atoms with Gasteiger partial charge in [0.1, 0.15) is 11.5 Å². The zero-order valence-electron chi connectivity index (χ0n) is 20.3. The number of furan rings is 1. The van der Waals surface area contributed by atoms with Crippen LogP contribution >= 0.6 is 0 Å². The van der Waals surface area contributed by atoms with Gasteiger partial charge in [0.25, 0.3) is 0 Å². The van der Waals surface area contributed by atoms with Crippen LogP contribution in [0.15, 0.2) is 150 Å². The van der Waals surface area contributed by atoms with E-state index in [1.54, 1.807) is 0 Å². The van der Waals surface area contributed by atoms with Crippen LogP contribution in [0.1, 0.15) is 0 Å². The standard InChI is InChI=1S/C36H24O/c1-3-13-25(14-4-1)28-18-9-10-20-31(28)35-32-21-11-12-22-33(32)36(37-35)34-29-19-8-7-17-27(29)23-24-30(34)26-15-5-2-6-16-26/h1-24H. The van der Waals surface area contributed by atoms with E-state index in [2.05, 4.69) is 146 Å². The SMILES string of the molecule is c1ccc(-c2ccccc2-c2oc(-c3c(-c4ccccc4)ccc4ccccc34)c3ccccc23)cc1. The fourth-order valence-electron chi connectivity index (χ4n) is 5.40. The Bertz CT molecular complexity index is 1860. The zero-order valence-corrected chi connectivity index (χ0v) is 20.3. The smallest absolute Gasteiger partial charge is 0.143 e. The molecule has 0 aliphatic heterocycles. The largest absolute Gasteiger partial charge is 0.455 e. The van der Waals surface area contributed by atoms with Gasteiger partial charge in [0.2, 0.25) is 0 Å². The van der Waals surface area contributed by atoms with E-state index in [0.717, 1.165) is 39.0 Å². The van der Waals surface area contributed by atoms with Gasteiger partial charge in [-0.3, -0.25) is 0 Å². The molecule has 1 nitrogen and oxygen atoms in total. The molecule has 0 saturated carbocycles. The van der Waals surface area contributed by atoms with E-state index in [-0.39, 0.29) is 0 Å². The lowest BCUT2D eigenvalue weighted by atomic mass is 9.91. The van der Waals surface area contributed by atoms with Crippen LogP contribution in [0.3, 0.4) is 0 Å².